The summed E-state index contributed by atoms with van der Waals surface area (Å²) >= 11 is 1.38. The van der Waals surface area contributed by atoms with Gasteiger partial charge in [0.05, 0.1) is 12.4 Å². The van der Waals surface area contributed by atoms with E-state index in [9.17, 15) is 14.4 Å². The molecule has 21 heavy (non-hydrogen) atoms. The number of hydrogen-bond acceptors (Lipinski definition) is 4. The summed E-state index contributed by atoms with van der Waals surface area (Å²) in [6.45, 7) is -0.233. The largest absolute Gasteiger partial charge is 0.480 e. The van der Waals surface area contributed by atoms with Crippen molar-refractivity contribution in [2.75, 3.05) is 23.5 Å². The second kappa shape index (κ2) is 6.98. The van der Waals surface area contributed by atoms with Crippen LogP contribution in [0.2, 0.25) is 0 Å². The highest BCUT2D eigenvalue weighted by molar-refractivity contribution is 7.99. The minimum absolute atomic E-state index is 0.233. The number of urea groups is 1. The van der Waals surface area contributed by atoms with Crippen LogP contribution >= 0.6 is 11.8 Å². The van der Waals surface area contributed by atoms with E-state index in [1.165, 1.54) is 16.7 Å². The number of nitrogens with one attached hydrogen (secondary N) is 2. The normalized spacial score (nSPS) is 17.3. The molecule has 2 rings (SSSR count). The fourth-order valence-corrected chi connectivity index (χ4v) is 3.02. The first-order valence-corrected chi connectivity index (χ1v) is 7.43. The number of rotatable bonds is 4. The molecular weight excluding hydrogens is 294 g/mol. The van der Waals surface area contributed by atoms with Gasteiger partial charge in [-0.15, -0.1) is 11.8 Å². The van der Waals surface area contributed by atoms with E-state index in [1.54, 1.807) is 24.3 Å². The third-order valence-corrected chi connectivity index (χ3v) is 3.93. The number of carboxylic acids is 1. The number of para-hydroxylation sites is 1. The van der Waals surface area contributed by atoms with Crippen molar-refractivity contribution in [3.63, 3.8) is 0 Å². The number of nitrogens with zero attached hydrogens (tertiary/aromatic N) is 1. The van der Waals surface area contributed by atoms with E-state index in [4.69, 9.17) is 5.11 Å². The van der Waals surface area contributed by atoms with Crippen molar-refractivity contribution < 1.29 is 19.5 Å². The first-order valence-electron chi connectivity index (χ1n) is 6.28. The summed E-state index contributed by atoms with van der Waals surface area (Å²) in [4.78, 5) is 35.8. The van der Waals surface area contributed by atoms with Crippen molar-refractivity contribution in [3.05, 3.63) is 30.3 Å². The standard InChI is InChI=1S/C13H15N3O4S/c17-11(16-8-21-7-10(16)12(18)19)6-14-13(20)15-9-4-2-1-3-5-9/h1-5,10H,6-8H2,(H,18,19)(H2,14,15,20)/t10-/m0/s1. The molecule has 1 heterocycles. The topological polar surface area (TPSA) is 98.7 Å². The maximum Gasteiger partial charge on any atom is 0.327 e. The minimum Gasteiger partial charge on any atom is -0.480 e. The van der Waals surface area contributed by atoms with Crippen LogP contribution in [0.15, 0.2) is 30.3 Å². The van der Waals surface area contributed by atoms with Gasteiger partial charge in [0, 0.05) is 11.4 Å². The Bertz CT molecular complexity index is 537. The zero-order chi connectivity index (χ0) is 15.2. The molecule has 1 fully saturated rings. The Morgan fingerprint density at radius 2 is 2.00 bits per heavy atom. The maximum atomic E-state index is 11.9. The molecule has 0 aromatic heterocycles. The Morgan fingerprint density at radius 1 is 1.29 bits per heavy atom. The van der Waals surface area contributed by atoms with Crippen molar-refractivity contribution in [1.29, 1.82) is 0 Å². The molecule has 1 aliphatic rings. The lowest BCUT2D eigenvalue weighted by Gasteiger charge is -2.20. The molecule has 1 saturated heterocycles. The molecule has 0 aliphatic carbocycles. The lowest BCUT2D eigenvalue weighted by molar-refractivity contribution is -0.147. The summed E-state index contributed by atoms with van der Waals surface area (Å²) in [5.41, 5.74) is 0.614. The highest BCUT2D eigenvalue weighted by Gasteiger charge is 2.34. The number of thioether (sulfide) groups is 1. The quantitative estimate of drug-likeness (QED) is 0.764. The molecule has 0 saturated carbocycles. The summed E-state index contributed by atoms with van der Waals surface area (Å²) in [6.07, 6.45) is 0. The van der Waals surface area contributed by atoms with Crippen LogP contribution in [-0.4, -0.2) is 52.1 Å². The molecule has 1 aliphatic heterocycles. The Labute approximate surface area is 125 Å². The molecule has 112 valence electrons. The number of hydrogen-bond donors (Lipinski definition) is 3. The molecule has 0 bridgehead atoms. The Hall–Kier alpha value is -2.22. The van der Waals surface area contributed by atoms with Gasteiger partial charge >= 0.3 is 12.0 Å². The highest BCUT2D eigenvalue weighted by Crippen LogP contribution is 2.20. The van der Waals surface area contributed by atoms with Crippen LogP contribution in [0.5, 0.6) is 0 Å². The summed E-state index contributed by atoms with van der Waals surface area (Å²) < 4.78 is 0. The fraction of sp³-hybridized carbons (Fsp3) is 0.308. The summed E-state index contributed by atoms with van der Waals surface area (Å²) in [6, 6.07) is 7.50. The lowest BCUT2D eigenvalue weighted by Crippen LogP contribution is -2.46. The van der Waals surface area contributed by atoms with Gasteiger partial charge in [-0.05, 0) is 12.1 Å². The van der Waals surface area contributed by atoms with Crippen LogP contribution in [0.4, 0.5) is 10.5 Å². The maximum absolute atomic E-state index is 11.9. The third-order valence-electron chi connectivity index (χ3n) is 2.92. The number of benzene rings is 1. The van der Waals surface area contributed by atoms with E-state index in [2.05, 4.69) is 10.6 Å². The smallest absolute Gasteiger partial charge is 0.327 e. The lowest BCUT2D eigenvalue weighted by atomic mass is 10.3. The average Bonchev–Trinajstić information content (AvgIpc) is 2.95. The zero-order valence-electron chi connectivity index (χ0n) is 11.1. The number of carbonyl (C=O) groups excluding carboxylic acids is 2. The van der Waals surface area contributed by atoms with E-state index >= 15 is 0 Å². The molecule has 0 spiro atoms. The number of aliphatic carboxylic acids is 1. The number of anilines is 1. The minimum atomic E-state index is -1.03. The first kappa shape index (κ1) is 15.2. The molecule has 8 heteroatoms. The van der Waals surface area contributed by atoms with Gasteiger partial charge in [0.2, 0.25) is 5.91 Å². The number of carboxylic acid groups (broad SMARTS) is 1. The van der Waals surface area contributed by atoms with Gasteiger partial charge < -0.3 is 20.6 Å². The van der Waals surface area contributed by atoms with Crippen LogP contribution in [0.25, 0.3) is 0 Å². The molecular formula is C13H15N3O4S. The number of amides is 3. The summed E-state index contributed by atoms with van der Waals surface area (Å²) in [5.74, 6) is -0.729. The van der Waals surface area contributed by atoms with Gasteiger partial charge in [0.25, 0.3) is 0 Å². The van der Waals surface area contributed by atoms with Crippen LogP contribution in [0.3, 0.4) is 0 Å². The van der Waals surface area contributed by atoms with Crippen molar-refractivity contribution in [2.24, 2.45) is 0 Å². The van der Waals surface area contributed by atoms with Crippen LogP contribution in [-0.2, 0) is 9.59 Å². The molecule has 7 nitrogen and oxygen atoms in total. The predicted octanol–water partition coefficient (Wildman–Crippen LogP) is 0.794. The SMILES string of the molecule is O=C(NCC(=O)N1CSC[C@H]1C(=O)O)Nc1ccccc1. The van der Waals surface area contributed by atoms with Crippen LogP contribution < -0.4 is 10.6 Å². The van der Waals surface area contributed by atoms with E-state index in [0.717, 1.165) is 0 Å². The first-order chi connectivity index (χ1) is 10.1. The van der Waals surface area contributed by atoms with E-state index < -0.39 is 23.9 Å². The van der Waals surface area contributed by atoms with Crippen molar-refractivity contribution in [1.82, 2.24) is 10.2 Å². The Kier molecular flexibility index (Phi) is 5.04. The van der Waals surface area contributed by atoms with Gasteiger partial charge in [-0.1, -0.05) is 18.2 Å². The van der Waals surface area contributed by atoms with Gasteiger partial charge in [0.1, 0.15) is 6.04 Å². The van der Waals surface area contributed by atoms with Crippen molar-refractivity contribution in [2.45, 2.75) is 6.04 Å². The molecule has 3 amide bonds. The van der Waals surface area contributed by atoms with Gasteiger partial charge in [-0.3, -0.25) is 4.79 Å². The highest BCUT2D eigenvalue weighted by atomic mass is 32.2. The number of carbonyl (C=O) groups is 3. The Morgan fingerprint density at radius 3 is 2.67 bits per heavy atom. The van der Waals surface area contributed by atoms with Gasteiger partial charge in [-0.25, -0.2) is 9.59 Å². The monoisotopic (exact) mass is 309 g/mol. The molecule has 1 aromatic rings. The van der Waals surface area contributed by atoms with Gasteiger partial charge in [-0.2, -0.15) is 0 Å². The summed E-state index contributed by atoms with van der Waals surface area (Å²) in [7, 11) is 0. The van der Waals surface area contributed by atoms with Gasteiger partial charge in [0.15, 0.2) is 0 Å². The fourth-order valence-electron chi connectivity index (χ4n) is 1.85. The van der Waals surface area contributed by atoms with E-state index in [0.29, 0.717) is 17.3 Å². The molecule has 0 unspecified atom stereocenters. The molecule has 1 aromatic carbocycles. The Balaban J connectivity index is 1.81. The molecule has 1 atom stereocenters. The molecule has 3 N–H and O–H groups in total. The second-order valence-electron chi connectivity index (χ2n) is 4.39. The third kappa shape index (κ3) is 4.12. The van der Waals surface area contributed by atoms with Crippen LogP contribution in [0.1, 0.15) is 0 Å². The second-order valence-corrected chi connectivity index (χ2v) is 5.39. The van der Waals surface area contributed by atoms with E-state index in [-0.39, 0.29) is 6.54 Å². The summed E-state index contributed by atoms with van der Waals surface area (Å²) in [5, 5.41) is 14.0. The van der Waals surface area contributed by atoms with Crippen molar-refractivity contribution in [3.8, 4) is 0 Å². The molecule has 0 radical (unpaired) electrons. The predicted molar refractivity (Wildman–Crippen MR) is 79.1 cm³/mol. The van der Waals surface area contributed by atoms with Crippen molar-refractivity contribution >= 4 is 35.4 Å². The van der Waals surface area contributed by atoms with Crippen LogP contribution in [0, 0.1) is 0 Å². The average molecular weight is 309 g/mol. The van der Waals surface area contributed by atoms with E-state index in [1.807, 2.05) is 6.07 Å². The zero-order valence-corrected chi connectivity index (χ0v) is 11.9.